The van der Waals surface area contributed by atoms with Crippen LogP contribution in [0.5, 0.6) is 0 Å². The molecule has 2 aromatic rings. The van der Waals surface area contributed by atoms with Crippen molar-refractivity contribution in [3.63, 3.8) is 0 Å². The van der Waals surface area contributed by atoms with Crippen molar-refractivity contribution in [2.24, 2.45) is 0 Å². The Morgan fingerprint density at radius 2 is 1.95 bits per heavy atom. The van der Waals surface area contributed by atoms with Gasteiger partial charge in [-0.05, 0) is 43.0 Å². The fourth-order valence-electron chi connectivity index (χ4n) is 1.86. The molecule has 2 rings (SSSR count). The molecule has 0 aliphatic heterocycles. The number of carbonyl (C=O) groups excluding carboxylic acids is 1. The van der Waals surface area contributed by atoms with Crippen LogP contribution in [0.25, 0.3) is 0 Å². The van der Waals surface area contributed by atoms with Gasteiger partial charge in [0.1, 0.15) is 5.92 Å². The van der Waals surface area contributed by atoms with E-state index in [1.54, 1.807) is 23.9 Å². The molecular formula is C16H14N2OS. The summed E-state index contributed by atoms with van der Waals surface area (Å²) in [6, 6.07) is 13.1. The molecule has 4 heteroatoms. The number of hydrogen-bond donors (Lipinski definition) is 0. The van der Waals surface area contributed by atoms with Crippen molar-refractivity contribution < 1.29 is 4.79 Å². The molecule has 1 heterocycles. The first-order valence-electron chi connectivity index (χ1n) is 6.16. The minimum atomic E-state index is -0.782. The zero-order chi connectivity index (χ0) is 14.5. The zero-order valence-corrected chi connectivity index (χ0v) is 12.1. The zero-order valence-electron chi connectivity index (χ0n) is 11.3. The van der Waals surface area contributed by atoms with Gasteiger partial charge in [0.15, 0.2) is 5.78 Å². The molecule has 100 valence electrons. The number of hydrogen-bond acceptors (Lipinski definition) is 4. The lowest BCUT2D eigenvalue weighted by Crippen LogP contribution is -2.11. The van der Waals surface area contributed by atoms with Crippen LogP contribution in [0.1, 0.15) is 27.5 Å². The summed E-state index contributed by atoms with van der Waals surface area (Å²) in [5.74, 6) is -0.993. The maximum Gasteiger partial charge on any atom is 0.185 e. The van der Waals surface area contributed by atoms with Crippen LogP contribution in [0.15, 0.2) is 47.5 Å². The molecule has 1 aromatic heterocycles. The van der Waals surface area contributed by atoms with Crippen LogP contribution in [-0.2, 0) is 0 Å². The number of benzene rings is 1. The van der Waals surface area contributed by atoms with Crippen molar-refractivity contribution in [2.45, 2.75) is 17.7 Å². The number of rotatable bonds is 4. The summed E-state index contributed by atoms with van der Waals surface area (Å²) < 4.78 is 0. The first-order valence-corrected chi connectivity index (χ1v) is 7.38. The minimum absolute atomic E-state index is 0.211. The van der Waals surface area contributed by atoms with E-state index in [0.717, 1.165) is 16.2 Å². The van der Waals surface area contributed by atoms with E-state index in [-0.39, 0.29) is 5.78 Å². The lowest BCUT2D eigenvalue weighted by molar-refractivity contribution is 0.0978. The molecule has 0 radical (unpaired) electrons. The van der Waals surface area contributed by atoms with Crippen LogP contribution in [-0.4, -0.2) is 17.0 Å². The molecule has 3 nitrogen and oxygen atoms in total. The van der Waals surface area contributed by atoms with Crippen molar-refractivity contribution in [1.29, 1.82) is 5.26 Å². The van der Waals surface area contributed by atoms with Gasteiger partial charge < -0.3 is 0 Å². The fraction of sp³-hybridized carbons (Fsp3) is 0.188. The van der Waals surface area contributed by atoms with Gasteiger partial charge in [0.2, 0.25) is 0 Å². The number of ketones is 1. The molecule has 1 atom stereocenters. The number of carbonyl (C=O) groups is 1. The lowest BCUT2D eigenvalue weighted by Gasteiger charge is -2.09. The Hall–Kier alpha value is -2.12. The Morgan fingerprint density at radius 1 is 1.25 bits per heavy atom. The normalized spacial score (nSPS) is 11.7. The Balaban J connectivity index is 2.29. The highest BCUT2D eigenvalue weighted by Gasteiger charge is 2.21. The molecule has 0 fully saturated rings. The Kier molecular flexibility index (Phi) is 4.54. The third-order valence-corrected chi connectivity index (χ3v) is 3.78. The molecule has 1 aromatic carbocycles. The number of aryl methyl sites for hydroxylation is 1. The van der Waals surface area contributed by atoms with Crippen molar-refractivity contribution in [2.75, 3.05) is 6.26 Å². The number of thioether (sulfide) groups is 1. The van der Waals surface area contributed by atoms with E-state index in [4.69, 9.17) is 0 Å². The third-order valence-electron chi connectivity index (χ3n) is 3.04. The van der Waals surface area contributed by atoms with Gasteiger partial charge in [-0.3, -0.25) is 9.78 Å². The van der Waals surface area contributed by atoms with Crippen LogP contribution in [0, 0.1) is 18.3 Å². The molecule has 20 heavy (non-hydrogen) atoms. The summed E-state index contributed by atoms with van der Waals surface area (Å²) >= 11 is 1.63. The topological polar surface area (TPSA) is 53.8 Å². The number of nitriles is 1. The van der Waals surface area contributed by atoms with Crippen LogP contribution in [0.4, 0.5) is 0 Å². The van der Waals surface area contributed by atoms with Crippen molar-refractivity contribution in [3.05, 3.63) is 59.4 Å². The van der Waals surface area contributed by atoms with Crippen LogP contribution >= 0.6 is 11.8 Å². The van der Waals surface area contributed by atoms with E-state index >= 15 is 0 Å². The van der Waals surface area contributed by atoms with Gasteiger partial charge in [0.25, 0.3) is 0 Å². The second kappa shape index (κ2) is 6.36. The predicted octanol–water partition coefficient (Wildman–Crippen LogP) is 3.60. The Bertz CT molecular complexity index is 642. The van der Waals surface area contributed by atoms with Crippen LogP contribution in [0.3, 0.4) is 0 Å². The van der Waals surface area contributed by atoms with E-state index in [1.165, 1.54) is 6.20 Å². The van der Waals surface area contributed by atoms with E-state index in [9.17, 15) is 10.1 Å². The summed E-state index contributed by atoms with van der Waals surface area (Å²) in [5, 5.41) is 9.30. The van der Waals surface area contributed by atoms with Crippen LogP contribution in [0.2, 0.25) is 0 Å². The van der Waals surface area contributed by atoms with Crippen molar-refractivity contribution >= 4 is 17.5 Å². The summed E-state index contributed by atoms with van der Waals surface area (Å²) in [4.78, 5) is 17.6. The average molecular weight is 282 g/mol. The van der Waals surface area contributed by atoms with Gasteiger partial charge in [-0.25, -0.2) is 0 Å². The molecule has 0 N–H and O–H groups in total. The first-order chi connectivity index (χ1) is 9.65. The highest BCUT2D eigenvalue weighted by molar-refractivity contribution is 7.98. The Labute approximate surface area is 122 Å². The summed E-state index contributed by atoms with van der Waals surface area (Å²) in [6.45, 7) is 1.86. The van der Waals surface area contributed by atoms with E-state index in [0.29, 0.717) is 5.56 Å². The van der Waals surface area contributed by atoms with Gasteiger partial charge in [0.05, 0.1) is 6.07 Å². The SMILES string of the molecule is CSc1ccc([C@@H](C#N)C(=O)c2ccc(C)nc2)cc1. The molecule has 0 aliphatic rings. The summed E-state index contributed by atoms with van der Waals surface area (Å²) in [5.41, 5.74) is 2.03. The quantitative estimate of drug-likeness (QED) is 0.635. The molecule has 0 spiro atoms. The fourth-order valence-corrected chi connectivity index (χ4v) is 2.27. The predicted molar refractivity (Wildman–Crippen MR) is 79.9 cm³/mol. The number of nitrogens with zero attached hydrogens (tertiary/aromatic N) is 2. The standard InChI is InChI=1S/C16H14N2OS/c1-11-3-4-13(10-18-11)16(19)15(9-17)12-5-7-14(20-2)8-6-12/h3-8,10,15H,1-2H3/t15-/m1/s1. The molecule has 0 aliphatic carbocycles. The minimum Gasteiger partial charge on any atom is -0.292 e. The summed E-state index contributed by atoms with van der Waals surface area (Å²) in [6.07, 6.45) is 3.51. The molecule has 0 saturated carbocycles. The smallest absolute Gasteiger partial charge is 0.185 e. The highest BCUT2D eigenvalue weighted by atomic mass is 32.2. The second-order valence-corrected chi connectivity index (χ2v) is 5.27. The lowest BCUT2D eigenvalue weighted by atomic mass is 9.92. The molecular weight excluding hydrogens is 268 g/mol. The van der Waals surface area contributed by atoms with E-state index < -0.39 is 5.92 Å². The molecule has 0 unspecified atom stereocenters. The van der Waals surface area contributed by atoms with Crippen molar-refractivity contribution in [1.82, 2.24) is 4.98 Å². The van der Waals surface area contributed by atoms with E-state index in [1.807, 2.05) is 37.4 Å². The second-order valence-electron chi connectivity index (χ2n) is 4.39. The number of Topliss-reactive ketones (excluding diaryl/α,β-unsaturated/α-hetero) is 1. The first kappa shape index (κ1) is 14.3. The largest absolute Gasteiger partial charge is 0.292 e. The van der Waals surface area contributed by atoms with Gasteiger partial charge >= 0.3 is 0 Å². The number of pyridine rings is 1. The highest BCUT2D eigenvalue weighted by Crippen LogP contribution is 2.23. The maximum absolute atomic E-state index is 12.4. The van der Waals surface area contributed by atoms with Crippen molar-refractivity contribution in [3.8, 4) is 6.07 Å². The number of aromatic nitrogens is 1. The maximum atomic E-state index is 12.4. The monoisotopic (exact) mass is 282 g/mol. The van der Waals surface area contributed by atoms with Gasteiger partial charge in [0, 0.05) is 22.3 Å². The van der Waals surface area contributed by atoms with E-state index in [2.05, 4.69) is 11.1 Å². The molecule has 0 amide bonds. The van der Waals surface area contributed by atoms with Crippen LogP contribution < -0.4 is 0 Å². The Morgan fingerprint density at radius 3 is 2.45 bits per heavy atom. The van der Waals surface area contributed by atoms with Gasteiger partial charge in [-0.1, -0.05) is 12.1 Å². The third kappa shape index (κ3) is 3.06. The molecule has 0 bridgehead atoms. The molecule has 0 saturated heterocycles. The van der Waals surface area contributed by atoms with Gasteiger partial charge in [-0.2, -0.15) is 5.26 Å². The average Bonchev–Trinajstić information content (AvgIpc) is 2.49. The summed E-state index contributed by atoms with van der Waals surface area (Å²) in [7, 11) is 0. The van der Waals surface area contributed by atoms with Gasteiger partial charge in [-0.15, -0.1) is 11.8 Å².